The Balaban J connectivity index is 0.000000165. The van der Waals surface area contributed by atoms with Gasteiger partial charge < -0.3 is 4.90 Å². The van der Waals surface area contributed by atoms with Gasteiger partial charge >= 0.3 is 0 Å². The predicted octanol–water partition coefficient (Wildman–Crippen LogP) is 6.63. The van der Waals surface area contributed by atoms with Crippen LogP contribution in [0.3, 0.4) is 0 Å². The first kappa shape index (κ1) is 23.1. The zero-order chi connectivity index (χ0) is 23.4. The number of ketones is 2. The Bertz CT molecular complexity index is 1330. The Labute approximate surface area is 202 Å². The summed E-state index contributed by atoms with van der Waals surface area (Å²) in [5, 5.41) is 2.01. The van der Waals surface area contributed by atoms with Gasteiger partial charge in [-0.25, -0.2) is 4.98 Å². The van der Waals surface area contributed by atoms with E-state index in [2.05, 4.69) is 37.9 Å². The molecule has 168 valence electrons. The van der Waals surface area contributed by atoms with Crippen LogP contribution in [0.2, 0.25) is 0 Å². The molecule has 0 atom stereocenters. The molecule has 0 N–H and O–H groups in total. The summed E-state index contributed by atoms with van der Waals surface area (Å²) in [6, 6.07) is 17.2. The summed E-state index contributed by atoms with van der Waals surface area (Å²) in [5.41, 5.74) is 3.32. The molecule has 1 saturated heterocycles. The van der Waals surface area contributed by atoms with Crippen LogP contribution in [0.25, 0.3) is 21.8 Å². The van der Waals surface area contributed by atoms with Gasteiger partial charge in [-0.05, 0) is 87.7 Å². The molecule has 6 heteroatoms. The van der Waals surface area contributed by atoms with Crippen LogP contribution in [0.15, 0.2) is 65.3 Å². The number of hydrogen-bond acceptors (Lipinski definition) is 5. The largest absolute Gasteiger partial charge is 0.357 e. The van der Waals surface area contributed by atoms with Crippen molar-refractivity contribution in [2.45, 2.75) is 33.1 Å². The quantitative estimate of drug-likeness (QED) is 0.293. The first-order valence-corrected chi connectivity index (χ1v) is 11.9. The molecule has 0 spiro atoms. The van der Waals surface area contributed by atoms with Gasteiger partial charge in [0.25, 0.3) is 0 Å². The molecule has 5 nitrogen and oxygen atoms in total. The van der Waals surface area contributed by atoms with Crippen molar-refractivity contribution >= 4 is 55.1 Å². The fraction of sp³-hybridized carbons (Fsp3) is 0.259. The second-order valence-corrected chi connectivity index (χ2v) is 9.12. The maximum Gasteiger partial charge on any atom is 0.159 e. The lowest BCUT2D eigenvalue weighted by Crippen LogP contribution is -2.30. The molecule has 33 heavy (non-hydrogen) atoms. The van der Waals surface area contributed by atoms with E-state index in [9.17, 15) is 9.59 Å². The zero-order valence-corrected chi connectivity index (χ0v) is 20.4. The van der Waals surface area contributed by atoms with Gasteiger partial charge in [-0.15, -0.1) is 0 Å². The molecule has 1 fully saturated rings. The lowest BCUT2D eigenvalue weighted by atomic mass is 10.1. The number of rotatable bonds is 3. The number of carbonyl (C=O) groups is 2. The van der Waals surface area contributed by atoms with Crippen LogP contribution in [0.5, 0.6) is 0 Å². The van der Waals surface area contributed by atoms with E-state index in [0.29, 0.717) is 5.56 Å². The van der Waals surface area contributed by atoms with Crippen molar-refractivity contribution in [3.8, 4) is 0 Å². The summed E-state index contributed by atoms with van der Waals surface area (Å²) < 4.78 is 0.964. The first-order chi connectivity index (χ1) is 15.9. The van der Waals surface area contributed by atoms with E-state index in [1.807, 2.05) is 36.4 Å². The number of fused-ring (bicyclic) bond motifs is 2. The highest BCUT2D eigenvalue weighted by atomic mass is 79.9. The van der Waals surface area contributed by atoms with Gasteiger partial charge in [0.15, 0.2) is 11.6 Å². The molecule has 2 aromatic heterocycles. The average molecular weight is 504 g/mol. The Morgan fingerprint density at radius 3 is 2.18 bits per heavy atom. The van der Waals surface area contributed by atoms with Crippen LogP contribution in [0.4, 0.5) is 5.82 Å². The third-order valence-electron chi connectivity index (χ3n) is 5.86. The van der Waals surface area contributed by atoms with E-state index in [-0.39, 0.29) is 11.6 Å². The fourth-order valence-electron chi connectivity index (χ4n) is 3.96. The highest BCUT2D eigenvalue weighted by Crippen LogP contribution is 2.24. The van der Waals surface area contributed by atoms with E-state index in [0.717, 1.165) is 50.7 Å². The van der Waals surface area contributed by atoms with Crippen LogP contribution in [0, 0.1) is 0 Å². The van der Waals surface area contributed by atoms with E-state index < -0.39 is 0 Å². The van der Waals surface area contributed by atoms with E-state index >= 15 is 0 Å². The molecular weight excluding hydrogens is 478 g/mol. The molecule has 0 saturated carbocycles. The fourth-order valence-corrected chi connectivity index (χ4v) is 4.40. The third kappa shape index (κ3) is 5.45. The van der Waals surface area contributed by atoms with E-state index in [1.165, 1.54) is 19.3 Å². The van der Waals surface area contributed by atoms with Gasteiger partial charge in [-0.3, -0.25) is 14.6 Å². The number of nitrogens with zero attached hydrogens (tertiary/aromatic N) is 3. The summed E-state index contributed by atoms with van der Waals surface area (Å²) in [5.74, 6) is 1.23. The molecule has 0 bridgehead atoms. The van der Waals surface area contributed by atoms with Gasteiger partial charge in [-0.1, -0.05) is 15.9 Å². The molecule has 3 heterocycles. The Morgan fingerprint density at radius 1 is 0.818 bits per heavy atom. The highest BCUT2D eigenvalue weighted by molar-refractivity contribution is 9.10. The number of aromatic nitrogens is 2. The number of benzene rings is 2. The Morgan fingerprint density at radius 2 is 1.48 bits per heavy atom. The predicted molar refractivity (Wildman–Crippen MR) is 137 cm³/mol. The number of halogens is 1. The molecule has 1 aliphatic heterocycles. The number of anilines is 1. The summed E-state index contributed by atoms with van der Waals surface area (Å²) in [6.07, 6.45) is 5.57. The number of Topliss-reactive ketones (excluding diaryl/α,β-unsaturated/α-hetero) is 2. The first-order valence-electron chi connectivity index (χ1n) is 11.1. The van der Waals surface area contributed by atoms with Crippen molar-refractivity contribution in [1.82, 2.24) is 9.97 Å². The Hall–Kier alpha value is -3.12. The van der Waals surface area contributed by atoms with Gasteiger partial charge in [0.05, 0.1) is 11.0 Å². The monoisotopic (exact) mass is 503 g/mol. The molecular formula is C27H26BrN3O2. The molecule has 0 amide bonds. The SMILES string of the molecule is CC(=O)c1ccc2nc(N3CCCCC3)ccc2c1.CC(=O)c1ccc2nccc(Br)c2c1. The molecule has 0 aliphatic carbocycles. The van der Waals surface area contributed by atoms with Crippen molar-refractivity contribution in [3.63, 3.8) is 0 Å². The molecule has 1 aliphatic rings. The standard InChI is InChI=1S/C16H18N2O.C11H8BrNO/c1-12(19)13-5-7-15-14(11-13)6-8-16(17-15)18-9-3-2-4-10-18;1-7(14)8-2-3-11-9(6-8)10(12)4-5-13-11/h5-8,11H,2-4,9-10H2,1H3;2-6H,1H3. The molecule has 2 aromatic carbocycles. The number of hydrogen-bond donors (Lipinski definition) is 0. The average Bonchev–Trinajstić information content (AvgIpc) is 2.84. The zero-order valence-electron chi connectivity index (χ0n) is 18.8. The third-order valence-corrected chi connectivity index (χ3v) is 6.55. The van der Waals surface area contributed by atoms with E-state index in [1.54, 1.807) is 26.1 Å². The van der Waals surface area contributed by atoms with Gasteiger partial charge in [0.1, 0.15) is 5.82 Å². The minimum absolute atomic E-state index is 0.0719. The van der Waals surface area contributed by atoms with E-state index in [4.69, 9.17) is 4.98 Å². The summed E-state index contributed by atoms with van der Waals surface area (Å²) in [6.45, 7) is 5.36. The van der Waals surface area contributed by atoms with Crippen LogP contribution < -0.4 is 4.90 Å². The topological polar surface area (TPSA) is 63.2 Å². The van der Waals surface area contributed by atoms with Gasteiger partial charge in [0, 0.05) is 45.7 Å². The highest BCUT2D eigenvalue weighted by Gasteiger charge is 2.12. The second-order valence-electron chi connectivity index (χ2n) is 8.26. The lowest BCUT2D eigenvalue weighted by molar-refractivity contribution is 0.100. The van der Waals surface area contributed by atoms with Gasteiger partial charge in [0.2, 0.25) is 0 Å². The lowest BCUT2D eigenvalue weighted by Gasteiger charge is -2.27. The van der Waals surface area contributed by atoms with Crippen LogP contribution >= 0.6 is 15.9 Å². The number of piperidine rings is 1. The molecule has 0 unspecified atom stereocenters. The number of pyridine rings is 2. The minimum Gasteiger partial charge on any atom is -0.357 e. The molecule has 0 radical (unpaired) electrons. The normalized spacial score (nSPS) is 13.5. The minimum atomic E-state index is 0.0719. The maximum atomic E-state index is 11.4. The molecule has 5 rings (SSSR count). The second kappa shape index (κ2) is 10.2. The van der Waals surface area contributed by atoms with Crippen molar-refractivity contribution in [3.05, 3.63) is 76.4 Å². The van der Waals surface area contributed by atoms with Gasteiger partial charge in [-0.2, -0.15) is 0 Å². The van der Waals surface area contributed by atoms with Crippen LogP contribution in [0.1, 0.15) is 53.8 Å². The molecule has 4 aromatic rings. The van der Waals surface area contributed by atoms with Crippen molar-refractivity contribution < 1.29 is 9.59 Å². The van der Waals surface area contributed by atoms with Crippen LogP contribution in [-0.4, -0.2) is 34.6 Å². The van der Waals surface area contributed by atoms with Crippen LogP contribution in [-0.2, 0) is 0 Å². The summed E-state index contributed by atoms with van der Waals surface area (Å²) >= 11 is 3.43. The van der Waals surface area contributed by atoms with Crippen molar-refractivity contribution in [2.24, 2.45) is 0 Å². The summed E-state index contributed by atoms with van der Waals surface area (Å²) in [7, 11) is 0. The van der Waals surface area contributed by atoms with Crippen molar-refractivity contribution in [2.75, 3.05) is 18.0 Å². The number of carbonyl (C=O) groups excluding carboxylic acids is 2. The smallest absolute Gasteiger partial charge is 0.159 e. The van der Waals surface area contributed by atoms with Crippen molar-refractivity contribution in [1.29, 1.82) is 0 Å². The Kier molecular flexibility index (Phi) is 7.14. The summed E-state index contributed by atoms with van der Waals surface area (Å²) in [4.78, 5) is 33.8. The maximum absolute atomic E-state index is 11.4.